The number of rotatable bonds is 6. The van der Waals surface area contributed by atoms with Crippen LogP contribution in [0.15, 0.2) is 66.7 Å². The molecule has 0 N–H and O–H groups in total. The summed E-state index contributed by atoms with van der Waals surface area (Å²) in [4.78, 5) is 0. The molecule has 0 amide bonds. The fourth-order valence-electron chi connectivity index (χ4n) is 2.68. The van der Waals surface area contributed by atoms with Crippen molar-refractivity contribution in [2.45, 2.75) is 6.61 Å². The van der Waals surface area contributed by atoms with E-state index >= 15 is 0 Å². The average molecular weight is 377 g/mol. The van der Waals surface area contributed by atoms with Gasteiger partial charge in [0.2, 0.25) is 0 Å². The standard InChI is InChI=1S/C23H17F2NO2/c1-27-23-13-16(12-18(14-26)19-7-3-5-9-21(19)25)10-11-22(23)28-15-17-6-2-4-8-20(17)24/h2-13H,15H2,1H3. The zero-order valence-corrected chi connectivity index (χ0v) is 15.2. The predicted octanol–water partition coefficient (Wildman–Crippen LogP) is 5.62. The van der Waals surface area contributed by atoms with Gasteiger partial charge in [-0.1, -0.05) is 42.5 Å². The highest BCUT2D eigenvalue weighted by Gasteiger charge is 2.10. The minimum Gasteiger partial charge on any atom is -0.493 e. The smallest absolute Gasteiger partial charge is 0.161 e. The maximum atomic E-state index is 14.0. The van der Waals surface area contributed by atoms with Crippen LogP contribution in [0.1, 0.15) is 16.7 Å². The number of hydrogen-bond acceptors (Lipinski definition) is 3. The molecule has 0 spiro atoms. The van der Waals surface area contributed by atoms with Gasteiger partial charge in [0, 0.05) is 11.1 Å². The van der Waals surface area contributed by atoms with E-state index in [1.54, 1.807) is 60.7 Å². The van der Waals surface area contributed by atoms with Gasteiger partial charge >= 0.3 is 0 Å². The molecule has 0 atom stereocenters. The molecular formula is C23H17F2NO2. The quantitative estimate of drug-likeness (QED) is 0.414. The first-order valence-corrected chi connectivity index (χ1v) is 8.53. The molecular weight excluding hydrogens is 360 g/mol. The molecule has 3 aromatic rings. The lowest BCUT2D eigenvalue weighted by molar-refractivity contribution is 0.279. The molecule has 0 saturated heterocycles. The molecule has 0 radical (unpaired) electrons. The van der Waals surface area contributed by atoms with E-state index in [4.69, 9.17) is 9.47 Å². The maximum Gasteiger partial charge on any atom is 0.161 e. The zero-order chi connectivity index (χ0) is 19.9. The second kappa shape index (κ2) is 8.83. The highest BCUT2D eigenvalue weighted by molar-refractivity contribution is 5.90. The van der Waals surface area contributed by atoms with E-state index in [1.807, 2.05) is 6.07 Å². The van der Waals surface area contributed by atoms with Crippen molar-refractivity contribution < 1.29 is 18.3 Å². The van der Waals surface area contributed by atoms with Crippen molar-refractivity contribution in [3.05, 3.63) is 95.1 Å². The van der Waals surface area contributed by atoms with Crippen molar-refractivity contribution in [3.8, 4) is 17.6 Å². The molecule has 0 heterocycles. The molecule has 3 rings (SSSR count). The lowest BCUT2D eigenvalue weighted by atomic mass is 10.0. The van der Waals surface area contributed by atoms with Crippen LogP contribution in [0, 0.1) is 23.0 Å². The van der Waals surface area contributed by atoms with E-state index in [2.05, 4.69) is 0 Å². The molecule has 0 saturated carbocycles. The third-order valence-corrected chi connectivity index (χ3v) is 4.12. The molecule has 0 aromatic heterocycles. The number of benzene rings is 3. The van der Waals surface area contributed by atoms with Crippen LogP contribution in [0.2, 0.25) is 0 Å². The number of hydrogen-bond donors (Lipinski definition) is 0. The fourth-order valence-corrected chi connectivity index (χ4v) is 2.68. The third-order valence-electron chi connectivity index (χ3n) is 4.12. The Labute approximate surface area is 162 Å². The van der Waals surface area contributed by atoms with Crippen LogP contribution in [0.25, 0.3) is 11.6 Å². The summed E-state index contributed by atoms with van der Waals surface area (Å²) in [6, 6.07) is 19.5. The van der Waals surface area contributed by atoms with Crippen molar-refractivity contribution in [1.82, 2.24) is 0 Å². The van der Waals surface area contributed by atoms with Gasteiger partial charge in [-0.25, -0.2) is 8.78 Å². The Kier molecular flexibility index (Phi) is 6.03. The number of methoxy groups -OCH3 is 1. The van der Waals surface area contributed by atoms with E-state index in [-0.39, 0.29) is 23.6 Å². The minimum atomic E-state index is -0.466. The number of ether oxygens (including phenoxy) is 2. The Morgan fingerprint density at radius 3 is 2.36 bits per heavy atom. The van der Waals surface area contributed by atoms with E-state index in [0.29, 0.717) is 22.6 Å². The van der Waals surface area contributed by atoms with Gasteiger partial charge in [0.1, 0.15) is 18.2 Å². The van der Waals surface area contributed by atoms with Crippen molar-refractivity contribution >= 4 is 11.6 Å². The van der Waals surface area contributed by atoms with E-state index in [9.17, 15) is 14.0 Å². The van der Waals surface area contributed by atoms with Crippen LogP contribution < -0.4 is 9.47 Å². The van der Waals surface area contributed by atoms with Gasteiger partial charge < -0.3 is 9.47 Å². The first-order valence-electron chi connectivity index (χ1n) is 8.53. The van der Waals surface area contributed by atoms with Crippen molar-refractivity contribution in [3.63, 3.8) is 0 Å². The van der Waals surface area contributed by atoms with Crippen LogP contribution in [0.4, 0.5) is 8.78 Å². The summed E-state index contributed by atoms with van der Waals surface area (Å²) in [5, 5.41) is 9.41. The van der Waals surface area contributed by atoms with Crippen LogP contribution in [-0.2, 0) is 6.61 Å². The minimum absolute atomic E-state index is 0.0525. The van der Waals surface area contributed by atoms with Gasteiger partial charge in [0.05, 0.1) is 18.8 Å². The summed E-state index contributed by atoms with van der Waals surface area (Å²) in [5.41, 5.74) is 1.50. The Hall–Kier alpha value is -3.65. The highest BCUT2D eigenvalue weighted by atomic mass is 19.1. The molecule has 0 aliphatic carbocycles. The Morgan fingerprint density at radius 1 is 0.964 bits per heavy atom. The first kappa shape index (κ1) is 19.1. The lowest BCUT2D eigenvalue weighted by Gasteiger charge is -2.12. The van der Waals surface area contributed by atoms with Gasteiger partial charge in [0.15, 0.2) is 11.5 Å². The average Bonchev–Trinajstić information content (AvgIpc) is 2.72. The molecule has 0 fully saturated rings. The highest BCUT2D eigenvalue weighted by Crippen LogP contribution is 2.31. The topological polar surface area (TPSA) is 42.2 Å². The van der Waals surface area contributed by atoms with Crippen molar-refractivity contribution in [1.29, 1.82) is 5.26 Å². The second-order valence-electron chi connectivity index (χ2n) is 5.94. The molecule has 3 nitrogen and oxygen atoms in total. The Morgan fingerprint density at radius 2 is 1.68 bits per heavy atom. The summed E-state index contributed by atoms with van der Waals surface area (Å²) in [7, 11) is 1.49. The first-order chi connectivity index (χ1) is 13.6. The fraction of sp³-hybridized carbons (Fsp3) is 0.0870. The number of halogens is 2. The monoisotopic (exact) mass is 377 g/mol. The largest absolute Gasteiger partial charge is 0.493 e. The molecule has 3 aromatic carbocycles. The Bertz CT molecular complexity index is 1050. The molecule has 140 valence electrons. The van der Waals surface area contributed by atoms with E-state index in [0.717, 1.165) is 0 Å². The molecule has 0 unspecified atom stereocenters. The lowest BCUT2D eigenvalue weighted by Crippen LogP contribution is -2.00. The van der Waals surface area contributed by atoms with Crippen molar-refractivity contribution in [2.75, 3.05) is 7.11 Å². The van der Waals surface area contributed by atoms with Crippen LogP contribution in [0.5, 0.6) is 11.5 Å². The summed E-state index contributed by atoms with van der Waals surface area (Å²) in [5.74, 6) is 0.0555. The zero-order valence-electron chi connectivity index (χ0n) is 15.2. The SMILES string of the molecule is COc1cc(C=C(C#N)c2ccccc2F)ccc1OCc1ccccc1F. The number of nitriles is 1. The molecule has 5 heteroatoms. The molecule has 0 bridgehead atoms. The van der Waals surface area contributed by atoms with E-state index < -0.39 is 5.82 Å². The number of nitrogens with zero attached hydrogens (tertiary/aromatic N) is 1. The van der Waals surface area contributed by atoms with Gasteiger partial charge in [-0.2, -0.15) is 5.26 Å². The van der Waals surface area contributed by atoms with Crippen LogP contribution in [0.3, 0.4) is 0 Å². The maximum absolute atomic E-state index is 14.0. The normalized spacial score (nSPS) is 11.0. The van der Waals surface area contributed by atoms with Gasteiger partial charge in [-0.15, -0.1) is 0 Å². The Balaban J connectivity index is 1.86. The summed E-state index contributed by atoms with van der Waals surface area (Å²) in [6.07, 6.45) is 1.57. The third kappa shape index (κ3) is 4.36. The predicted molar refractivity (Wildman–Crippen MR) is 104 cm³/mol. The van der Waals surface area contributed by atoms with Crippen molar-refractivity contribution in [2.24, 2.45) is 0 Å². The van der Waals surface area contributed by atoms with Crippen LogP contribution in [-0.4, -0.2) is 7.11 Å². The molecule has 28 heavy (non-hydrogen) atoms. The van der Waals surface area contributed by atoms with Gasteiger partial charge in [0.25, 0.3) is 0 Å². The summed E-state index contributed by atoms with van der Waals surface area (Å²) >= 11 is 0. The van der Waals surface area contributed by atoms with E-state index in [1.165, 1.54) is 19.2 Å². The second-order valence-corrected chi connectivity index (χ2v) is 5.94. The van der Waals surface area contributed by atoms with Gasteiger partial charge in [-0.05, 0) is 35.9 Å². The molecule has 0 aliphatic heterocycles. The van der Waals surface area contributed by atoms with Gasteiger partial charge in [-0.3, -0.25) is 0 Å². The number of allylic oxidation sites excluding steroid dienone is 1. The summed E-state index contributed by atoms with van der Waals surface area (Å²) < 4.78 is 38.7. The van der Waals surface area contributed by atoms with Crippen LogP contribution >= 0.6 is 0 Å². The molecule has 0 aliphatic rings. The summed E-state index contributed by atoms with van der Waals surface area (Å²) in [6.45, 7) is 0.0525.